The van der Waals surface area contributed by atoms with E-state index in [0.29, 0.717) is 5.92 Å². The van der Waals surface area contributed by atoms with Gasteiger partial charge in [0, 0.05) is 5.56 Å². The zero-order valence-electron chi connectivity index (χ0n) is 19.4. The summed E-state index contributed by atoms with van der Waals surface area (Å²) in [5.41, 5.74) is 4.06. The molecule has 0 bridgehead atoms. The lowest BCUT2D eigenvalue weighted by atomic mass is 9.78. The fourth-order valence-electron chi connectivity index (χ4n) is 4.26. The average Bonchev–Trinajstić information content (AvgIpc) is 2.82. The van der Waals surface area contributed by atoms with E-state index in [-0.39, 0.29) is 0 Å². The number of unbranched alkanes of at least 4 members (excludes halogenated alkanes) is 2. The summed E-state index contributed by atoms with van der Waals surface area (Å²) >= 11 is 0. The summed E-state index contributed by atoms with van der Waals surface area (Å²) in [6, 6.07) is 17.5. The van der Waals surface area contributed by atoms with Crippen LogP contribution in [0.3, 0.4) is 0 Å². The van der Waals surface area contributed by atoms with Gasteiger partial charge in [0.1, 0.15) is 5.75 Å². The van der Waals surface area contributed by atoms with Gasteiger partial charge in [-0.05, 0) is 98.2 Å². The van der Waals surface area contributed by atoms with Gasteiger partial charge in [0.15, 0.2) is 0 Å². The van der Waals surface area contributed by atoms with Crippen molar-refractivity contribution in [2.45, 2.75) is 77.6 Å². The minimum atomic E-state index is 0.670. The molecule has 0 aromatic heterocycles. The molecule has 0 atom stereocenters. The van der Waals surface area contributed by atoms with E-state index in [0.717, 1.165) is 36.7 Å². The lowest BCUT2D eigenvalue weighted by molar-refractivity contribution is 0.309. The van der Waals surface area contributed by atoms with Crippen LogP contribution in [0.2, 0.25) is 0 Å². The van der Waals surface area contributed by atoms with E-state index in [4.69, 9.17) is 4.74 Å². The standard InChI is InChI=1S/C30H38O/c1-3-5-9-25-12-18-28(19-13-25)29-20-14-26(15-21-29)10-7-8-11-27-16-22-30(23-17-27)31-24-6-4-2/h7,10,12-13,16-19,22-23,26,29H,3-6,9,14-15,20-21,24H2,1-2H3. The summed E-state index contributed by atoms with van der Waals surface area (Å²) in [5, 5.41) is 0. The zero-order chi connectivity index (χ0) is 21.7. The largest absolute Gasteiger partial charge is 0.494 e. The molecule has 0 heterocycles. The summed E-state index contributed by atoms with van der Waals surface area (Å²) in [6.45, 7) is 5.22. The number of benzene rings is 2. The van der Waals surface area contributed by atoms with Crippen molar-refractivity contribution in [1.82, 2.24) is 0 Å². The Labute approximate surface area is 189 Å². The maximum absolute atomic E-state index is 5.71. The zero-order valence-corrected chi connectivity index (χ0v) is 19.4. The highest BCUT2D eigenvalue weighted by molar-refractivity contribution is 5.40. The number of rotatable bonds is 9. The highest BCUT2D eigenvalue weighted by Gasteiger charge is 2.20. The first-order chi connectivity index (χ1) is 15.3. The van der Waals surface area contributed by atoms with E-state index < -0.39 is 0 Å². The van der Waals surface area contributed by atoms with Gasteiger partial charge in [0.05, 0.1) is 6.61 Å². The predicted octanol–water partition coefficient (Wildman–Crippen LogP) is 8.09. The molecule has 0 saturated heterocycles. The first-order valence-corrected chi connectivity index (χ1v) is 12.3. The van der Waals surface area contributed by atoms with Gasteiger partial charge in [-0.2, -0.15) is 0 Å². The maximum Gasteiger partial charge on any atom is 0.119 e. The van der Waals surface area contributed by atoms with Gasteiger partial charge in [-0.25, -0.2) is 0 Å². The number of hydrogen-bond donors (Lipinski definition) is 0. The number of hydrogen-bond acceptors (Lipinski definition) is 1. The van der Waals surface area contributed by atoms with Gasteiger partial charge in [-0.15, -0.1) is 0 Å². The summed E-state index contributed by atoms with van der Waals surface area (Å²) in [4.78, 5) is 0. The van der Waals surface area contributed by atoms with E-state index in [1.165, 1.54) is 56.1 Å². The molecular formula is C30H38O. The minimum Gasteiger partial charge on any atom is -0.494 e. The molecule has 1 fully saturated rings. The van der Waals surface area contributed by atoms with Gasteiger partial charge in [-0.1, -0.05) is 68.9 Å². The van der Waals surface area contributed by atoms with Gasteiger partial charge >= 0.3 is 0 Å². The van der Waals surface area contributed by atoms with Crippen LogP contribution in [0.4, 0.5) is 0 Å². The molecule has 1 heteroatoms. The fraction of sp³-hybridized carbons (Fsp3) is 0.467. The van der Waals surface area contributed by atoms with Crippen molar-refractivity contribution in [2.75, 3.05) is 6.61 Å². The third-order valence-corrected chi connectivity index (χ3v) is 6.33. The molecule has 2 aromatic rings. The van der Waals surface area contributed by atoms with Crippen LogP contribution < -0.4 is 4.74 Å². The molecule has 164 valence electrons. The molecule has 0 amide bonds. The van der Waals surface area contributed by atoms with Gasteiger partial charge in [0.25, 0.3) is 0 Å². The van der Waals surface area contributed by atoms with E-state index in [9.17, 15) is 0 Å². The molecule has 0 unspecified atom stereocenters. The number of ether oxygens (including phenoxy) is 1. The summed E-state index contributed by atoms with van der Waals surface area (Å²) < 4.78 is 5.71. The molecule has 0 N–H and O–H groups in total. The molecule has 0 spiro atoms. The van der Waals surface area contributed by atoms with Crippen molar-refractivity contribution < 1.29 is 4.74 Å². The highest BCUT2D eigenvalue weighted by atomic mass is 16.5. The summed E-state index contributed by atoms with van der Waals surface area (Å²) in [6.07, 6.45) is 15.5. The van der Waals surface area contributed by atoms with E-state index in [1.54, 1.807) is 0 Å². The monoisotopic (exact) mass is 414 g/mol. The predicted molar refractivity (Wildman–Crippen MR) is 133 cm³/mol. The Morgan fingerprint density at radius 2 is 1.58 bits per heavy atom. The maximum atomic E-state index is 5.71. The Morgan fingerprint density at radius 1 is 0.871 bits per heavy atom. The van der Waals surface area contributed by atoms with Crippen LogP contribution in [0.1, 0.15) is 87.8 Å². The summed E-state index contributed by atoms with van der Waals surface area (Å²) in [7, 11) is 0. The second kappa shape index (κ2) is 13.1. The molecule has 2 aromatic carbocycles. The second-order valence-corrected chi connectivity index (χ2v) is 8.81. The Kier molecular flexibility index (Phi) is 9.78. The second-order valence-electron chi connectivity index (χ2n) is 8.81. The molecule has 3 rings (SSSR count). The molecule has 1 nitrogen and oxygen atoms in total. The van der Waals surface area contributed by atoms with Crippen LogP contribution in [0.5, 0.6) is 5.75 Å². The summed E-state index contributed by atoms with van der Waals surface area (Å²) in [5.74, 6) is 8.79. The van der Waals surface area contributed by atoms with Crippen molar-refractivity contribution in [3.8, 4) is 17.6 Å². The van der Waals surface area contributed by atoms with Crippen LogP contribution in [-0.2, 0) is 6.42 Å². The Bertz CT molecular complexity index is 840. The quantitative estimate of drug-likeness (QED) is 0.297. The fourth-order valence-corrected chi connectivity index (χ4v) is 4.26. The number of aryl methyl sites for hydroxylation is 1. The van der Waals surface area contributed by atoms with Crippen LogP contribution in [-0.4, -0.2) is 6.61 Å². The Hall–Kier alpha value is -2.46. The smallest absolute Gasteiger partial charge is 0.119 e. The van der Waals surface area contributed by atoms with Gasteiger partial charge < -0.3 is 4.74 Å². The lowest BCUT2D eigenvalue weighted by Gasteiger charge is -2.27. The van der Waals surface area contributed by atoms with Crippen molar-refractivity contribution in [3.05, 3.63) is 77.4 Å². The minimum absolute atomic E-state index is 0.670. The molecule has 0 aliphatic heterocycles. The van der Waals surface area contributed by atoms with Gasteiger partial charge in [0.2, 0.25) is 0 Å². The average molecular weight is 415 g/mol. The lowest BCUT2D eigenvalue weighted by Crippen LogP contribution is -2.11. The van der Waals surface area contributed by atoms with E-state index in [2.05, 4.69) is 62.1 Å². The van der Waals surface area contributed by atoms with Crippen molar-refractivity contribution >= 4 is 0 Å². The van der Waals surface area contributed by atoms with Crippen molar-refractivity contribution in [3.63, 3.8) is 0 Å². The topological polar surface area (TPSA) is 9.23 Å². The Morgan fingerprint density at radius 3 is 2.26 bits per heavy atom. The third-order valence-electron chi connectivity index (χ3n) is 6.33. The highest BCUT2D eigenvalue weighted by Crippen LogP contribution is 2.36. The number of allylic oxidation sites excluding steroid dienone is 2. The SMILES string of the molecule is CCCCOc1ccc(C#CC=CC2CCC(c3ccc(CCCC)cc3)CC2)cc1. The molecule has 1 aliphatic carbocycles. The van der Waals surface area contributed by atoms with Crippen LogP contribution in [0.15, 0.2) is 60.7 Å². The third kappa shape index (κ3) is 7.95. The van der Waals surface area contributed by atoms with Crippen LogP contribution in [0.25, 0.3) is 0 Å². The molecular weight excluding hydrogens is 376 g/mol. The first-order valence-electron chi connectivity index (χ1n) is 12.3. The molecule has 1 saturated carbocycles. The molecule has 1 aliphatic rings. The van der Waals surface area contributed by atoms with E-state index in [1.807, 2.05) is 24.3 Å². The van der Waals surface area contributed by atoms with Gasteiger partial charge in [-0.3, -0.25) is 0 Å². The molecule has 31 heavy (non-hydrogen) atoms. The Balaban J connectivity index is 1.42. The normalized spacial score (nSPS) is 18.5. The van der Waals surface area contributed by atoms with Crippen LogP contribution in [0, 0.1) is 17.8 Å². The van der Waals surface area contributed by atoms with Crippen molar-refractivity contribution in [2.24, 2.45) is 5.92 Å². The van der Waals surface area contributed by atoms with Crippen LogP contribution >= 0.6 is 0 Å². The first kappa shape index (κ1) is 23.2. The molecule has 0 radical (unpaired) electrons. The van der Waals surface area contributed by atoms with E-state index >= 15 is 0 Å². The van der Waals surface area contributed by atoms with Crippen molar-refractivity contribution in [1.29, 1.82) is 0 Å².